The van der Waals surface area contributed by atoms with Crippen molar-refractivity contribution in [1.82, 2.24) is 0 Å². The quantitative estimate of drug-likeness (QED) is 0.229. The summed E-state index contributed by atoms with van der Waals surface area (Å²) < 4.78 is 37.6. The number of allylic oxidation sites excluding steroid dienone is 1. The highest BCUT2D eigenvalue weighted by Gasteiger charge is 2.68. The lowest BCUT2D eigenvalue weighted by Crippen LogP contribution is -2.64. The molecule has 0 bridgehead atoms. The van der Waals surface area contributed by atoms with Crippen LogP contribution in [-0.4, -0.2) is 123 Å². The largest absolute Gasteiger partial charge is 0.394 e. The Balaban J connectivity index is 0.964. The van der Waals surface area contributed by atoms with Gasteiger partial charge in [0, 0.05) is 12.3 Å². The molecule has 8 aliphatic rings. The zero-order valence-corrected chi connectivity index (χ0v) is 30.9. The molecular formula is C39H62O12. The van der Waals surface area contributed by atoms with Crippen molar-refractivity contribution >= 4 is 0 Å². The number of aliphatic hydroxyl groups excluding tert-OH is 6. The van der Waals surface area contributed by atoms with Gasteiger partial charge in [0.2, 0.25) is 0 Å². The normalized spacial score (nSPS) is 58.4. The Morgan fingerprint density at radius 1 is 0.824 bits per heavy atom. The molecule has 51 heavy (non-hydrogen) atoms. The molecule has 4 saturated heterocycles. The monoisotopic (exact) mass is 722 g/mol. The number of aliphatic hydroxyl groups is 6. The van der Waals surface area contributed by atoms with Gasteiger partial charge in [-0.2, -0.15) is 0 Å². The molecule has 21 atom stereocenters. The third-order valence-electron chi connectivity index (χ3n) is 15.6. The van der Waals surface area contributed by atoms with Gasteiger partial charge in [0.25, 0.3) is 0 Å². The third-order valence-corrected chi connectivity index (χ3v) is 15.6. The van der Waals surface area contributed by atoms with Crippen LogP contribution in [0.4, 0.5) is 0 Å². The van der Waals surface area contributed by atoms with Crippen LogP contribution in [0, 0.1) is 46.3 Å². The number of hydrogen-bond donors (Lipinski definition) is 6. The van der Waals surface area contributed by atoms with E-state index in [1.54, 1.807) is 0 Å². The summed E-state index contributed by atoms with van der Waals surface area (Å²) in [5.41, 5.74) is 1.70. The summed E-state index contributed by atoms with van der Waals surface area (Å²) in [7, 11) is 0. The molecule has 12 nitrogen and oxygen atoms in total. The number of fused-ring (bicyclic) bond motifs is 7. The van der Waals surface area contributed by atoms with Crippen molar-refractivity contribution in [3.63, 3.8) is 0 Å². The van der Waals surface area contributed by atoms with Crippen molar-refractivity contribution in [2.75, 3.05) is 13.2 Å². The standard InChI is InChI=1S/C39H62O12/c1-18-8-13-39(46-17-18)19(2)28-26(51-39)15-25-23-7-6-21-14-22(9-11-37(21,4)24(23)10-12-38(25,28)5)48-36-34(32(44)30(42)27(16-40)49-36)50-35-33(45)31(43)29(41)20(3)47-35/h6,18-20,22-36,40-45H,7-17H2,1-5H3/t18-,19+,20?,22+,23-,24+,25+,26+,27?,28+,29+,30-,31?,32?,33+,34+,35+,36-,37+,38+,39-/m1/s1. The second-order valence-electron chi connectivity index (χ2n) is 18.3. The summed E-state index contributed by atoms with van der Waals surface area (Å²) >= 11 is 0. The molecule has 6 N–H and O–H groups in total. The Hall–Kier alpha value is -0.740. The Labute approximate surface area is 301 Å². The molecule has 8 rings (SSSR count). The minimum Gasteiger partial charge on any atom is -0.394 e. The molecule has 0 aromatic rings. The van der Waals surface area contributed by atoms with Crippen LogP contribution in [0.3, 0.4) is 0 Å². The Kier molecular flexibility index (Phi) is 9.83. The molecule has 12 heteroatoms. The zero-order valence-electron chi connectivity index (χ0n) is 30.9. The van der Waals surface area contributed by atoms with Crippen molar-refractivity contribution in [2.45, 2.75) is 172 Å². The first-order chi connectivity index (χ1) is 24.2. The number of ether oxygens (including phenoxy) is 6. The molecule has 0 amide bonds. The number of rotatable bonds is 5. The fourth-order valence-corrected chi connectivity index (χ4v) is 12.5. The minimum absolute atomic E-state index is 0.0535. The van der Waals surface area contributed by atoms with Crippen LogP contribution >= 0.6 is 0 Å². The van der Waals surface area contributed by atoms with E-state index in [-0.39, 0.29) is 23.0 Å². The van der Waals surface area contributed by atoms with E-state index < -0.39 is 73.8 Å². The van der Waals surface area contributed by atoms with E-state index in [9.17, 15) is 30.6 Å². The van der Waals surface area contributed by atoms with E-state index in [0.29, 0.717) is 41.9 Å². The van der Waals surface area contributed by atoms with E-state index in [0.717, 1.165) is 38.7 Å². The molecule has 290 valence electrons. The molecule has 3 saturated carbocycles. The van der Waals surface area contributed by atoms with Gasteiger partial charge < -0.3 is 59.1 Å². The van der Waals surface area contributed by atoms with E-state index in [2.05, 4.69) is 33.8 Å². The smallest absolute Gasteiger partial charge is 0.187 e. The Morgan fingerprint density at radius 3 is 2.33 bits per heavy atom. The van der Waals surface area contributed by atoms with E-state index in [1.165, 1.54) is 31.8 Å². The molecule has 7 fully saturated rings. The molecule has 0 aromatic heterocycles. The maximum atomic E-state index is 11.1. The van der Waals surface area contributed by atoms with Gasteiger partial charge in [-0.25, -0.2) is 0 Å². The van der Waals surface area contributed by atoms with E-state index >= 15 is 0 Å². The molecule has 4 unspecified atom stereocenters. The summed E-state index contributed by atoms with van der Waals surface area (Å²) in [4.78, 5) is 0. The summed E-state index contributed by atoms with van der Waals surface area (Å²) in [5.74, 6) is 2.92. The summed E-state index contributed by atoms with van der Waals surface area (Å²) in [6, 6.07) is 0. The maximum Gasteiger partial charge on any atom is 0.187 e. The van der Waals surface area contributed by atoms with Gasteiger partial charge >= 0.3 is 0 Å². The zero-order chi connectivity index (χ0) is 36.2. The Morgan fingerprint density at radius 2 is 1.61 bits per heavy atom. The van der Waals surface area contributed by atoms with Crippen LogP contribution < -0.4 is 0 Å². The first-order valence-electron chi connectivity index (χ1n) is 19.8. The van der Waals surface area contributed by atoms with Crippen molar-refractivity contribution in [2.24, 2.45) is 46.3 Å². The highest BCUT2D eigenvalue weighted by Crippen LogP contribution is 2.70. The fraction of sp³-hybridized carbons (Fsp3) is 0.949. The highest BCUT2D eigenvalue weighted by atomic mass is 16.8. The van der Waals surface area contributed by atoms with Gasteiger partial charge in [-0.05, 0) is 98.7 Å². The fourth-order valence-electron chi connectivity index (χ4n) is 12.5. The summed E-state index contributed by atoms with van der Waals surface area (Å²) in [6.45, 7) is 11.5. The van der Waals surface area contributed by atoms with Crippen LogP contribution in [0.25, 0.3) is 0 Å². The topological polar surface area (TPSA) is 177 Å². The second kappa shape index (κ2) is 13.5. The lowest BCUT2D eigenvalue weighted by Gasteiger charge is -2.58. The van der Waals surface area contributed by atoms with Crippen molar-refractivity contribution in [1.29, 1.82) is 0 Å². The van der Waals surface area contributed by atoms with E-state index in [4.69, 9.17) is 28.4 Å². The summed E-state index contributed by atoms with van der Waals surface area (Å²) in [5, 5.41) is 62.9. The van der Waals surface area contributed by atoms with Crippen molar-refractivity contribution < 1.29 is 59.1 Å². The molecular weight excluding hydrogens is 660 g/mol. The molecule has 0 radical (unpaired) electrons. The predicted molar refractivity (Wildman–Crippen MR) is 182 cm³/mol. The maximum absolute atomic E-state index is 11.1. The van der Waals surface area contributed by atoms with Gasteiger partial charge in [0.1, 0.15) is 42.7 Å². The first-order valence-corrected chi connectivity index (χ1v) is 19.8. The van der Waals surface area contributed by atoms with Crippen LogP contribution in [0.15, 0.2) is 11.6 Å². The molecule has 4 heterocycles. The number of hydrogen-bond acceptors (Lipinski definition) is 12. The van der Waals surface area contributed by atoms with E-state index in [1.807, 2.05) is 0 Å². The summed E-state index contributed by atoms with van der Waals surface area (Å²) in [6.07, 6.45) is -1.68. The van der Waals surface area contributed by atoms with Gasteiger partial charge in [-0.3, -0.25) is 0 Å². The first kappa shape index (κ1) is 37.2. The molecule has 1 spiro atoms. The molecule has 4 aliphatic carbocycles. The van der Waals surface area contributed by atoms with Gasteiger partial charge in [-0.15, -0.1) is 0 Å². The van der Waals surface area contributed by atoms with Crippen LogP contribution in [-0.2, 0) is 28.4 Å². The van der Waals surface area contributed by atoms with Gasteiger partial charge in [0.15, 0.2) is 18.4 Å². The highest BCUT2D eigenvalue weighted by molar-refractivity contribution is 5.26. The average molecular weight is 723 g/mol. The SMILES string of the molecule is CC1O[C@@H](O[C@H]2C(O)[C@H](O)C(CO)O[C@H]2O[C@H]2CC[C@@]3(C)C(=CC[C@H]4[C@@H]5C[C@@H]6O[C@]7(CC[C@@H](C)CO7)[C@@H](C)[C@@H]6[C@@]5(C)CC[C@@H]43)C2)[C@@H](O)C(O)[C@H]1O. The molecule has 0 aromatic carbocycles. The second-order valence-corrected chi connectivity index (χ2v) is 18.3. The Bertz CT molecular complexity index is 1300. The predicted octanol–water partition coefficient (Wildman–Crippen LogP) is 2.39. The third kappa shape index (κ3) is 5.84. The van der Waals surface area contributed by atoms with Crippen molar-refractivity contribution in [3.05, 3.63) is 11.6 Å². The van der Waals surface area contributed by atoms with Gasteiger partial charge in [0.05, 0.1) is 31.5 Å². The minimum atomic E-state index is -1.61. The molecule has 4 aliphatic heterocycles. The van der Waals surface area contributed by atoms with Gasteiger partial charge in [-0.1, -0.05) is 39.3 Å². The van der Waals surface area contributed by atoms with Crippen LogP contribution in [0.5, 0.6) is 0 Å². The lowest BCUT2D eigenvalue weighted by atomic mass is 9.47. The average Bonchev–Trinajstić information content (AvgIpc) is 3.56. The van der Waals surface area contributed by atoms with Crippen molar-refractivity contribution in [3.8, 4) is 0 Å². The van der Waals surface area contributed by atoms with Crippen LogP contribution in [0.2, 0.25) is 0 Å². The van der Waals surface area contributed by atoms with Crippen LogP contribution in [0.1, 0.15) is 92.4 Å². The lowest BCUT2D eigenvalue weighted by molar-refractivity contribution is -0.369.